The smallest absolute Gasteiger partial charge is 0.142 e. The van der Waals surface area contributed by atoms with Crippen LogP contribution in [0.3, 0.4) is 0 Å². The molecule has 0 aliphatic heterocycles. The van der Waals surface area contributed by atoms with Gasteiger partial charge in [0.1, 0.15) is 11.5 Å². The molecule has 2 heteroatoms. The van der Waals surface area contributed by atoms with E-state index in [1.165, 1.54) is 0 Å². The number of methoxy groups -OCH3 is 1. The van der Waals surface area contributed by atoms with Gasteiger partial charge in [0.2, 0.25) is 0 Å². The van der Waals surface area contributed by atoms with Crippen LogP contribution in [0.1, 0.15) is 43.9 Å². The number of benzene rings is 3. The highest BCUT2D eigenvalue weighted by Gasteiger charge is 2.25. The third-order valence-corrected chi connectivity index (χ3v) is 5.04. The molecule has 0 saturated heterocycles. The van der Waals surface area contributed by atoms with Gasteiger partial charge in [-0.3, -0.25) is 4.79 Å². The summed E-state index contributed by atoms with van der Waals surface area (Å²) in [5.74, 6) is 1.03. The Kier molecular flexibility index (Phi) is 6.33. The van der Waals surface area contributed by atoms with Crippen molar-refractivity contribution in [3.63, 3.8) is 0 Å². The van der Waals surface area contributed by atoms with Crippen molar-refractivity contribution in [2.75, 3.05) is 7.11 Å². The van der Waals surface area contributed by atoms with E-state index in [0.717, 1.165) is 33.6 Å². The van der Waals surface area contributed by atoms with Crippen LogP contribution in [0, 0.1) is 5.41 Å². The molecule has 2 nitrogen and oxygen atoms in total. The van der Waals surface area contributed by atoms with Crippen LogP contribution >= 0.6 is 0 Å². The number of carbonyl (C=O) groups excluding carboxylic acids is 1. The SMILES string of the molecule is COc1ccc(/C(=C(\CC(=O)C(C)(C)C)c2ccccc2)c2ccccc2)cc1. The molecule has 3 aromatic carbocycles. The topological polar surface area (TPSA) is 26.3 Å². The van der Waals surface area contributed by atoms with Crippen LogP contribution in [0.4, 0.5) is 0 Å². The van der Waals surface area contributed by atoms with Crippen LogP contribution in [-0.4, -0.2) is 12.9 Å². The van der Waals surface area contributed by atoms with E-state index < -0.39 is 5.41 Å². The van der Waals surface area contributed by atoms with E-state index in [2.05, 4.69) is 36.4 Å². The molecular weight excluding hydrogens is 356 g/mol. The van der Waals surface area contributed by atoms with Gasteiger partial charge in [0, 0.05) is 11.8 Å². The Labute approximate surface area is 173 Å². The van der Waals surface area contributed by atoms with E-state index in [4.69, 9.17) is 4.74 Å². The molecule has 3 aromatic rings. The van der Waals surface area contributed by atoms with Crippen molar-refractivity contribution >= 4 is 16.9 Å². The molecule has 148 valence electrons. The monoisotopic (exact) mass is 384 g/mol. The lowest BCUT2D eigenvalue weighted by Crippen LogP contribution is -2.20. The minimum Gasteiger partial charge on any atom is -0.497 e. The van der Waals surface area contributed by atoms with Gasteiger partial charge >= 0.3 is 0 Å². The number of hydrogen-bond acceptors (Lipinski definition) is 2. The van der Waals surface area contributed by atoms with Crippen molar-refractivity contribution in [3.05, 3.63) is 102 Å². The maximum atomic E-state index is 13.1. The molecular formula is C27H28O2. The van der Waals surface area contributed by atoms with Gasteiger partial charge in [-0.25, -0.2) is 0 Å². The summed E-state index contributed by atoms with van der Waals surface area (Å²) in [6.07, 6.45) is 0.379. The van der Waals surface area contributed by atoms with Crippen LogP contribution in [0.25, 0.3) is 11.1 Å². The van der Waals surface area contributed by atoms with E-state index >= 15 is 0 Å². The predicted octanol–water partition coefficient (Wildman–Crippen LogP) is 6.66. The van der Waals surface area contributed by atoms with Crippen LogP contribution in [0.5, 0.6) is 5.75 Å². The highest BCUT2D eigenvalue weighted by molar-refractivity contribution is 6.05. The number of hydrogen-bond donors (Lipinski definition) is 0. The lowest BCUT2D eigenvalue weighted by molar-refractivity contribution is -0.125. The Bertz CT molecular complexity index is 976. The number of Topliss-reactive ketones (excluding diaryl/α,β-unsaturated/α-hetero) is 1. The molecule has 0 bridgehead atoms. The zero-order valence-electron chi connectivity index (χ0n) is 17.6. The zero-order valence-corrected chi connectivity index (χ0v) is 17.6. The fourth-order valence-electron chi connectivity index (χ4n) is 3.28. The molecule has 0 spiro atoms. The van der Waals surface area contributed by atoms with Gasteiger partial charge in [0.05, 0.1) is 7.11 Å². The molecule has 3 rings (SSSR count). The number of carbonyl (C=O) groups is 1. The average Bonchev–Trinajstić information content (AvgIpc) is 2.74. The molecule has 0 atom stereocenters. The second-order valence-electron chi connectivity index (χ2n) is 8.16. The van der Waals surface area contributed by atoms with E-state index in [-0.39, 0.29) is 5.78 Å². The molecule has 0 N–H and O–H groups in total. The van der Waals surface area contributed by atoms with E-state index in [1.54, 1.807) is 7.11 Å². The van der Waals surface area contributed by atoms with Crippen molar-refractivity contribution in [1.82, 2.24) is 0 Å². The molecule has 0 saturated carbocycles. The second-order valence-corrected chi connectivity index (χ2v) is 8.16. The molecule has 0 heterocycles. The minimum atomic E-state index is -0.401. The summed E-state index contributed by atoms with van der Waals surface area (Å²) in [5.41, 5.74) is 4.95. The van der Waals surface area contributed by atoms with E-state index in [1.807, 2.05) is 69.3 Å². The van der Waals surface area contributed by atoms with Crippen LogP contribution in [-0.2, 0) is 4.79 Å². The fourth-order valence-corrected chi connectivity index (χ4v) is 3.28. The first-order valence-electron chi connectivity index (χ1n) is 9.92. The minimum absolute atomic E-state index is 0.221. The lowest BCUT2D eigenvalue weighted by atomic mass is 9.81. The normalized spacial score (nSPS) is 12.3. The first-order chi connectivity index (χ1) is 13.9. The molecule has 0 fully saturated rings. The lowest BCUT2D eigenvalue weighted by Gasteiger charge is -2.21. The first kappa shape index (κ1) is 20.6. The standard InChI is InChI=1S/C27H28O2/c1-27(2,3)25(28)19-24(20-11-7-5-8-12-20)26(21-13-9-6-10-14-21)22-15-17-23(29-4)18-16-22/h5-18H,19H2,1-4H3/b26-24+. The van der Waals surface area contributed by atoms with Gasteiger partial charge in [-0.05, 0) is 40.0 Å². The van der Waals surface area contributed by atoms with Crippen molar-refractivity contribution < 1.29 is 9.53 Å². The van der Waals surface area contributed by atoms with Gasteiger partial charge in [-0.15, -0.1) is 0 Å². The molecule has 0 aliphatic carbocycles. The molecule has 0 aliphatic rings. The van der Waals surface area contributed by atoms with Crippen molar-refractivity contribution in [3.8, 4) is 5.75 Å². The molecule has 29 heavy (non-hydrogen) atoms. The Hall–Kier alpha value is -3.13. The first-order valence-corrected chi connectivity index (χ1v) is 9.92. The number of rotatable bonds is 6. The van der Waals surface area contributed by atoms with Crippen molar-refractivity contribution in [2.24, 2.45) is 5.41 Å². The highest BCUT2D eigenvalue weighted by Crippen LogP contribution is 2.36. The fraction of sp³-hybridized carbons (Fsp3) is 0.222. The molecule has 0 aromatic heterocycles. The highest BCUT2D eigenvalue weighted by atomic mass is 16.5. The summed E-state index contributed by atoms with van der Waals surface area (Å²) in [5, 5.41) is 0. The summed E-state index contributed by atoms with van der Waals surface area (Å²) in [6.45, 7) is 5.94. The Morgan fingerprint density at radius 1 is 0.724 bits per heavy atom. The molecule has 0 amide bonds. The van der Waals surface area contributed by atoms with Crippen LogP contribution in [0.15, 0.2) is 84.9 Å². The summed E-state index contributed by atoms with van der Waals surface area (Å²) < 4.78 is 5.34. The zero-order chi connectivity index (χ0) is 20.9. The van der Waals surface area contributed by atoms with Gasteiger partial charge in [0.25, 0.3) is 0 Å². The van der Waals surface area contributed by atoms with Crippen molar-refractivity contribution in [1.29, 1.82) is 0 Å². The average molecular weight is 385 g/mol. The third kappa shape index (κ3) is 5.03. The van der Waals surface area contributed by atoms with E-state index in [0.29, 0.717) is 6.42 Å². The largest absolute Gasteiger partial charge is 0.497 e. The predicted molar refractivity (Wildman–Crippen MR) is 121 cm³/mol. The Morgan fingerprint density at radius 2 is 1.21 bits per heavy atom. The Balaban J connectivity index is 2.27. The second kappa shape index (κ2) is 8.91. The Morgan fingerprint density at radius 3 is 1.69 bits per heavy atom. The quantitative estimate of drug-likeness (QED) is 0.444. The summed E-state index contributed by atoms with van der Waals surface area (Å²) in [4.78, 5) is 13.1. The molecule has 0 unspecified atom stereocenters. The third-order valence-electron chi connectivity index (χ3n) is 5.04. The van der Waals surface area contributed by atoms with Gasteiger partial charge in [-0.1, -0.05) is 93.6 Å². The number of ether oxygens (including phenoxy) is 1. The maximum absolute atomic E-state index is 13.1. The number of ketones is 1. The van der Waals surface area contributed by atoms with Gasteiger partial charge < -0.3 is 4.74 Å². The molecule has 0 radical (unpaired) electrons. The summed E-state index contributed by atoms with van der Waals surface area (Å²) in [6, 6.07) is 28.5. The van der Waals surface area contributed by atoms with Crippen LogP contribution in [0.2, 0.25) is 0 Å². The number of allylic oxidation sites excluding steroid dienone is 1. The van der Waals surface area contributed by atoms with Crippen molar-refractivity contribution in [2.45, 2.75) is 27.2 Å². The summed E-state index contributed by atoms with van der Waals surface area (Å²) >= 11 is 0. The van der Waals surface area contributed by atoms with Crippen LogP contribution < -0.4 is 4.74 Å². The summed E-state index contributed by atoms with van der Waals surface area (Å²) in [7, 11) is 1.67. The van der Waals surface area contributed by atoms with Gasteiger partial charge in [0.15, 0.2) is 0 Å². The van der Waals surface area contributed by atoms with E-state index in [9.17, 15) is 4.79 Å². The maximum Gasteiger partial charge on any atom is 0.142 e. The van der Waals surface area contributed by atoms with Gasteiger partial charge in [-0.2, -0.15) is 0 Å².